The van der Waals surface area contributed by atoms with Crippen molar-refractivity contribution in [3.8, 4) is 11.5 Å². The van der Waals surface area contributed by atoms with Crippen LogP contribution in [0.2, 0.25) is 0 Å². The minimum Gasteiger partial charge on any atom is -0.463 e. The van der Waals surface area contributed by atoms with Gasteiger partial charge in [0.2, 0.25) is 0 Å². The molecule has 1 aliphatic heterocycles. The molecule has 0 unspecified atom stereocenters. The summed E-state index contributed by atoms with van der Waals surface area (Å²) in [5, 5.41) is 3.00. The summed E-state index contributed by atoms with van der Waals surface area (Å²) in [6.07, 6.45) is 4.22. The van der Waals surface area contributed by atoms with Crippen LogP contribution in [0.15, 0.2) is 35.1 Å². The van der Waals surface area contributed by atoms with Gasteiger partial charge in [-0.25, -0.2) is 4.98 Å². The molecule has 0 aromatic carbocycles. The first-order chi connectivity index (χ1) is 14.9. The number of aryl methyl sites for hydroxylation is 1. The molecule has 1 fully saturated rings. The highest BCUT2D eigenvalue weighted by Crippen LogP contribution is 2.35. The fourth-order valence-electron chi connectivity index (χ4n) is 3.45. The fraction of sp³-hybridized carbons (Fsp3) is 0.318. The summed E-state index contributed by atoms with van der Waals surface area (Å²) in [6.45, 7) is 4.24. The molecule has 1 saturated heterocycles. The summed E-state index contributed by atoms with van der Waals surface area (Å²) in [5.41, 5.74) is 1.59. The van der Waals surface area contributed by atoms with Gasteiger partial charge in [0, 0.05) is 36.6 Å². The van der Waals surface area contributed by atoms with Crippen LogP contribution < -0.4 is 5.32 Å². The lowest BCUT2D eigenvalue weighted by Crippen LogP contribution is -2.23. The van der Waals surface area contributed by atoms with E-state index in [0.717, 1.165) is 11.3 Å². The zero-order valence-electron chi connectivity index (χ0n) is 17.1. The molecular weight excluding hydrogens is 418 g/mol. The van der Waals surface area contributed by atoms with Crippen LogP contribution in [0, 0.1) is 12.8 Å². The molecule has 3 aromatic heterocycles. The quantitative estimate of drug-likeness (QED) is 0.574. The van der Waals surface area contributed by atoms with E-state index in [1.54, 1.807) is 19.1 Å². The van der Waals surface area contributed by atoms with Gasteiger partial charge >= 0.3 is 0 Å². The molecular formula is C22H21N3O5S. The SMILES string of the molecule is CC(=O)c1cc(C(=O)Nc2nc(-c3ccco3)c(C(=O)C3CCOCC3)s2)cnc1C. The Kier molecular flexibility index (Phi) is 6.06. The van der Waals surface area contributed by atoms with Crippen LogP contribution in [0.4, 0.5) is 5.13 Å². The number of nitrogens with one attached hydrogen (secondary N) is 1. The van der Waals surface area contributed by atoms with Gasteiger partial charge in [0.15, 0.2) is 22.5 Å². The summed E-state index contributed by atoms with van der Waals surface area (Å²) in [5.74, 6) is -0.337. The number of hydrogen-bond acceptors (Lipinski definition) is 8. The van der Waals surface area contributed by atoms with Crippen molar-refractivity contribution in [3.05, 3.63) is 52.4 Å². The number of nitrogens with zero attached hydrogens (tertiary/aromatic N) is 2. The number of furan rings is 1. The lowest BCUT2D eigenvalue weighted by atomic mass is 9.94. The molecule has 1 N–H and O–H groups in total. The molecule has 0 radical (unpaired) electrons. The number of aromatic nitrogens is 2. The molecule has 0 spiro atoms. The van der Waals surface area contributed by atoms with Crippen LogP contribution in [0.5, 0.6) is 0 Å². The maximum absolute atomic E-state index is 13.2. The topological polar surface area (TPSA) is 111 Å². The lowest BCUT2D eigenvalue weighted by molar-refractivity contribution is 0.0547. The second kappa shape index (κ2) is 8.91. The molecule has 8 nitrogen and oxygen atoms in total. The van der Waals surface area contributed by atoms with E-state index in [1.807, 2.05) is 0 Å². The van der Waals surface area contributed by atoms with Crippen molar-refractivity contribution in [2.45, 2.75) is 26.7 Å². The Labute approximate surface area is 182 Å². The standard InChI is InChI=1S/C22H21N3O5S/c1-12-16(13(2)26)10-15(11-23-12)21(28)25-22-24-18(17-4-3-7-30-17)20(31-22)19(27)14-5-8-29-9-6-14/h3-4,7,10-11,14H,5-6,8-9H2,1-2H3,(H,24,25,28). The molecule has 1 aliphatic rings. The third-order valence-corrected chi connectivity index (χ3v) is 6.13. The van der Waals surface area contributed by atoms with Crippen LogP contribution in [0.1, 0.15) is 55.8 Å². The molecule has 1 amide bonds. The van der Waals surface area contributed by atoms with Crippen LogP contribution >= 0.6 is 11.3 Å². The molecule has 0 atom stereocenters. The van der Waals surface area contributed by atoms with E-state index < -0.39 is 5.91 Å². The molecule has 4 heterocycles. The van der Waals surface area contributed by atoms with E-state index in [1.165, 1.54) is 25.5 Å². The third kappa shape index (κ3) is 4.47. The second-order valence-electron chi connectivity index (χ2n) is 7.29. The smallest absolute Gasteiger partial charge is 0.259 e. The van der Waals surface area contributed by atoms with Crippen LogP contribution in [-0.2, 0) is 4.74 Å². The number of pyridine rings is 1. The van der Waals surface area contributed by atoms with Gasteiger partial charge in [-0.3, -0.25) is 24.7 Å². The maximum atomic E-state index is 13.2. The van der Waals surface area contributed by atoms with Crippen molar-refractivity contribution in [2.75, 3.05) is 18.5 Å². The number of carbonyl (C=O) groups is 3. The van der Waals surface area contributed by atoms with Gasteiger partial charge in [-0.15, -0.1) is 0 Å². The van der Waals surface area contributed by atoms with Crippen LogP contribution in [0.25, 0.3) is 11.5 Å². The summed E-state index contributed by atoms with van der Waals surface area (Å²) < 4.78 is 10.8. The van der Waals surface area contributed by atoms with Crippen molar-refractivity contribution in [1.82, 2.24) is 9.97 Å². The predicted molar refractivity (Wildman–Crippen MR) is 115 cm³/mol. The summed E-state index contributed by atoms with van der Waals surface area (Å²) in [4.78, 5) is 46.7. The molecule has 160 valence electrons. The first-order valence-corrected chi connectivity index (χ1v) is 10.7. The van der Waals surface area contributed by atoms with Gasteiger partial charge in [-0.05, 0) is 44.9 Å². The molecule has 4 rings (SSSR count). The van der Waals surface area contributed by atoms with Gasteiger partial charge in [-0.1, -0.05) is 11.3 Å². The molecule has 3 aromatic rings. The molecule has 0 aliphatic carbocycles. The van der Waals surface area contributed by atoms with E-state index in [0.29, 0.717) is 53.6 Å². The lowest BCUT2D eigenvalue weighted by Gasteiger charge is -2.20. The minimum absolute atomic E-state index is 0.0245. The Morgan fingerprint density at radius 3 is 2.68 bits per heavy atom. The average molecular weight is 439 g/mol. The number of ether oxygens (including phenoxy) is 1. The Balaban J connectivity index is 1.63. The number of thiazole rings is 1. The summed E-state index contributed by atoms with van der Waals surface area (Å²) in [7, 11) is 0. The molecule has 9 heteroatoms. The van der Waals surface area contributed by atoms with E-state index in [4.69, 9.17) is 9.15 Å². The third-order valence-electron chi connectivity index (χ3n) is 5.15. The normalized spacial score (nSPS) is 14.4. The van der Waals surface area contributed by atoms with E-state index in [9.17, 15) is 14.4 Å². The van der Waals surface area contributed by atoms with Gasteiger partial charge in [0.05, 0.1) is 11.8 Å². The minimum atomic E-state index is -0.459. The van der Waals surface area contributed by atoms with Crippen molar-refractivity contribution >= 4 is 33.9 Å². The number of amides is 1. The number of anilines is 1. The Bertz CT molecular complexity index is 1130. The Hall–Kier alpha value is -3.17. The Morgan fingerprint density at radius 1 is 1.23 bits per heavy atom. The van der Waals surface area contributed by atoms with E-state index in [2.05, 4.69) is 15.3 Å². The number of Topliss-reactive ketones (excluding diaryl/α,β-unsaturated/α-hetero) is 2. The van der Waals surface area contributed by atoms with Gasteiger partial charge in [0.25, 0.3) is 5.91 Å². The van der Waals surface area contributed by atoms with Crippen molar-refractivity contribution in [3.63, 3.8) is 0 Å². The zero-order valence-corrected chi connectivity index (χ0v) is 18.0. The maximum Gasteiger partial charge on any atom is 0.259 e. The van der Waals surface area contributed by atoms with Gasteiger partial charge in [0.1, 0.15) is 10.6 Å². The van der Waals surface area contributed by atoms with Crippen LogP contribution in [-0.4, -0.2) is 40.7 Å². The average Bonchev–Trinajstić information content (AvgIpc) is 3.44. The first-order valence-electron chi connectivity index (χ1n) is 9.89. The largest absolute Gasteiger partial charge is 0.463 e. The van der Waals surface area contributed by atoms with E-state index >= 15 is 0 Å². The first kappa shape index (κ1) is 21.1. The number of carbonyl (C=O) groups excluding carboxylic acids is 3. The monoisotopic (exact) mass is 439 g/mol. The predicted octanol–water partition coefficient (Wildman–Crippen LogP) is 4.17. The number of rotatable bonds is 6. The molecule has 0 bridgehead atoms. The summed E-state index contributed by atoms with van der Waals surface area (Å²) >= 11 is 1.12. The molecule has 0 saturated carbocycles. The van der Waals surface area contributed by atoms with Crippen molar-refractivity contribution in [1.29, 1.82) is 0 Å². The highest BCUT2D eigenvalue weighted by atomic mass is 32.1. The Morgan fingerprint density at radius 2 is 2.00 bits per heavy atom. The van der Waals surface area contributed by atoms with Gasteiger partial charge in [-0.2, -0.15) is 0 Å². The van der Waals surface area contributed by atoms with Crippen molar-refractivity contribution in [2.24, 2.45) is 5.92 Å². The van der Waals surface area contributed by atoms with Gasteiger partial charge < -0.3 is 9.15 Å². The number of ketones is 2. The van der Waals surface area contributed by atoms with E-state index in [-0.39, 0.29) is 28.2 Å². The fourth-order valence-corrected chi connectivity index (χ4v) is 4.43. The van der Waals surface area contributed by atoms with Crippen molar-refractivity contribution < 1.29 is 23.5 Å². The highest BCUT2D eigenvalue weighted by molar-refractivity contribution is 7.18. The molecule has 31 heavy (non-hydrogen) atoms. The zero-order chi connectivity index (χ0) is 22.0. The summed E-state index contributed by atoms with van der Waals surface area (Å²) in [6, 6.07) is 4.95. The van der Waals surface area contributed by atoms with Crippen LogP contribution in [0.3, 0.4) is 0 Å². The highest BCUT2D eigenvalue weighted by Gasteiger charge is 2.29. The second-order valence-corrected chi connectivity index (χ2v) is 8.29. The number of hydrogen-bond donors (Lipinski definition) is 1.